The Morgan fingerprint density at radius 2 is 1.90 bits per heavy atom. The van der Waals surface area contributed by atoms with Crippen LogP contribution in [-0.4, -0.2) is 38.3 Å². The van der Waals surface area contributed by atoms with Crippen molar-refractivity contribution in [2.75, 3.05) is 17.5 Å². The summed E-state index contributed by atoms with van der Waals surface area (Å²) >= 11 is 0. The van der Waals surface area contributed by atoms with Crippen LogP contribution in [0.2, 0.25) is 0 Å². The largest absolute Gasteiger partial charge is 0.393 e. The molecule has 0 spiro atoms. The molecule has 3 N–H and O–H groups in total. The number of hydrogen-bond acceptors (Lipinski definition) is 4. The highest BCUT2D eigenvalue weighted by atomic mass is 32.2. The second-order valence-corrected chi connectivity index (χ2v) is 6.45. The van der Waals surface area contributed by atoms with Gasteiger partial charge in [-0.25, -0.2) is 8.42 Å². The molecule has 20 heavy (non-hydrogen) atoms. The number of aliphatic hydroxyl groups is 1. The van der Waals surface area contributed by atoms with Crippen LogP contribution in [0.15, 0.2) is 24.3 Å². The van der Waals surface area contributed by atoms with Gasteiger partial charge in [-0.3, -0.25) is 9.52 Å². The lowest BCUT2D eigenvalue weighted by Gasteiger charge is -2.08. The number of aliphatic hydroxyl groups excluding tert-OH is 1. The number of amides is 1. The summed E-state index contributed by atoms with van der Waals surface area (Å²) in [6, 6.07) is 6.17. The molecule has 0 aliphatic carbocycles. The molecule has 1 aromatic rings. The van der Waals surface area contributed by atoms with E-state index in [-0.39, 0.29) is 12.0 Å². The summed E-state index contributed by atoms with van der Waals surface area (Å²) in [7, 11) is -3.31. The van der Waals surface area contributed by atoms with Crippen molar-refractivity contribution < 1.29 is 18.3 Å². The fraction of sp³-hybridized carbons (Fsp3) is 0.462. The van der Waals surface area contributed by atoms with Crippen molar-refractivity contribution in [3.8, 4) is 0 Å². The Kier molecular flexibility index (Phi) is 5.97. The molecule has 6 nitrogen and oxygen atoms in total. The van der Waals surface area contributed by atoms with Gasteiger partial charge < -0.3 is 10.4 Å². The van der Waals surface area contributed by atoms with Crippen LogP contribution in [0.5, 0.6) is 0 Å². The van der Waals surface area contributed by atoms with Gasteiger partial charge in [0.2, 0.25) is 10.0 Å². The van der Waals surface area contributed by atoms with E-state index in [0.29, 0.717) is 30.6 Å². The summed E-state index contributed by atoms with van der Waals surface area (Å²) in [5.74, 6) is -0.221. The molecule has 112 valence electrons. The molecule has 0 fully saturated rings. The smallest absolute Gasteiger partial charge is 0.251 e. The summed E-state index contributed by atoms with van der Waals surface area (Å²) in [5, 5.41) is 11.8. The average molecular weight is 300 g/mol. The van der Waals surface area contributed by atoms with Gasteiger partial charge in [0.25, 0.3) is 5.91 Å². The molecular formula is C13H20N2O4S. The van der Waals surface area contributed by atoms with Gasteiger partial charge >= 0.3 is 0 Å². The van der Waals surface area contributed by atoms with Gasteiger partial charge in [0, 0.05) is 17.8 Å². The summed E-state index contributed by atoms with van der Waals surface area (Å²) in [6.07, 6.45) is 2.04. The molecule has 7 heteroatoms. The first-order valence-electron chi connectivity index (χ1n) is 6.32. The van der Waals surface area contributed by atoms with E-state index in [1.807, 2.05) is 0 Å². The number of rotatable bonds is 7. The Balaban J connectivity index is 2.49. The highest BCUT2D eigenvalue weighted by Crippen LogP contribution is 2.10. The second-order valence-electron chi connectivity index (χ2n) is 4.70. The van der Waals surface area contributed by atoms with E-state index in [9.17, 15) is 13.2 Å². The van der Waals surface area contributed by atoms with Crippen molar-refractivity contribution in [3.05, 3.63) is 29.8 Å². The fourth-order valence-electron chi connectivity index (χ4n) is 1.61. The molecule has 1 unspecified atom stereocenters. The highest BCUT2D eigenvalue weighted by Gasteiger charge is 2.06. The summed E-state index contributed by atoms with van der Waals surface area (Å²) in [5.41, 5.74) is 0.874. The monoisotopic (exact) mass is 300 g/mol. The van der Waals surface area contributed by atoms with Crippen LogP contribution in [-0.2, 0) is 10.0 Å². The van der Waals surface area contributed by atoms with E-state index in [1.165, 1.54) is 12.1 Å². The number of nitrogens with one attached hydrogen (secondary N) is 2. The number of sulfonamides is 1. The lowest BCUT2D eigenvalue weighted by molar-refractivity contribution is 0.0949. The first kappa shape index (κ1) is 16.5. The van der Waals surface area contributed by atoms with E-state index in [2.05, 4.69) is 10.0 Å². The van der Waals surface area contributed by atoms with E-state index in [4.69, 9.17) is 5.11 Å². The van der Waals surface area contributed by atoms with Crippen LogP contribution < -0.4 is 10.0 Å². The zero-order chi connectivity index (χ0) is 15.2. The minimum atomic E-state index is -3.31. The molecule has 0 aliphatic heterocycles. The van der Waals surface area contributed by atoms with Crippen LogP contribution >= 0.6 is 0 Å². The van der Waals surface area contributed by atoms with Crippen molar-refractivity contribution >= 4 is 21.6 Å². The lowest BCUT2D eigenvalue weighted by atomic mass is 10.2. The molecule has 0 heterocycles. The van der Waals surface area contributed by atoms with Crippen LogP contribution in [0.1, 0.15) is 30.1 Å². The molecule has 1 amide bonds. The van der Waals surface area contributed by atoms with E-state index < -0.39 is 10.0 Å². The number of hydrogen-bond donors (Lipinski definition) is 3. The normalized spacial score (nSPS) is 12.8. The third kappa shape index (κ3) is 6.53. The highest BCUT2D eigenvalue weighted by molar-refractivity contribution is 7.92. The Morgan fingerprint density at radius 1 is 1.30 bits per heavy atom. The number of carbonyl (C=O) groups is 1. The van der Waals surface area contributed by atoms with Crippen LogP contribution in [0.25, 0.3) is 0 Å². The van der Waals surface area contributed by atoms with E-state index in [1.54, 1.807) is 19.1 Å². The van der Waals surface area contributed by atoms with Crippen molar-refractivity contribution in [1.82, 2.24) is 5.32 Å². The average Bonchev–Trinajstić information content (AvgIpc) is 2.33. The molecule has 0 saturated heterocycles. The molecule has 0 aliphatic rings. The molecular weight excluding hydrogens is 280 g/mol. The molecule has 0 aromatic heterocycles. The molecule has 1 rings (SSSR count). The van der Waals surface area contributed by atoms with Gasteiger partial charge in [-0.05, 0) is 44.0 Å². The maximum Gasteiger partial charge on any atom is 0.251 e. The third-order valence-corrected chi connectivity index (χ3v) is 3.14. The summed E-state index contributed by atoms with van der Waals surface area (Å²) in [6.45, 7) is 2.20. The number of benzene rings is 1. The molecule has 0 saturated carbocycles. The summed E-state index contributed by atoms with van der Waals surface area (Å²) in [4.78, 5) is 11.8. The van der Waals surface area contributed by atoms with Crippen molar-refractivity contribution in [3.63, 3.8) is 0 Å². The minimum Gasteiger partial charge on any atom is -0.393 e. The van der Waals surface area contributed by atoms with E-state index in [0.717, 1.165) is 6.26 Å². The van der Waals surface area contributed by atoms with Crippen LogP contribution in [0.3, 0.4) is 0 Å². The lowest BCUT2D eigenvalue weighted by Crippen LogP contribution is -2.25. The predicted molar refractivity (Wildman–Crippen MR) is 78.2 cm³/mol. The second kappa shape index (κ2) is 7.25. The van der Waals surface area contributed by atoms with E-state index >= 15 is 0 Å². The Labute approximate surface area is 119 Å². The standard InChI is InChI=1S/C13H20N2O4S/c1-10(16)4-3-9-14-13(17)11-5-7-12(8-6-11)15-20(2,18)19/h5-8,10,15-16H,3-4,9H2,1-2H3,(H,14,17). The van der Waals surface area contributed by atoms with Gasteiger partial charge in [0.1, 0.15) is 0 Å². The first-order valence-corrected chi connectivity index (χ1v) is 8.21. The zero-order valence-electron chi connectivity index (χ0n) is 11.6. The van der Waals surface area contributed by atoms with Crippen molar-refractivity contribution in [1.29, 1.82) is 0 Å². The van der Waals surface area contributed by atoms with Crippen molar-refractivity contribution in [2.24, 2.45) is 0 Å². The van der Waals surface area contributed by atoms with Crippen LogP contribution in [0, 0.1) is 0 Å². The minimum absolute atomic E-state index is 0.221. The van der Waals surface area contributed by atoms with Crippen molar-refractivity contribution in [2.45, 2.75) is 25.9 Å². The summed E-state index contributed by atoms with van der Waals surface area (Å²) < 4.78 is 24.4. The molecule has 0 radical (unpaired) electrons. The molecule has 0 bridgehead atoms. The van der Waals surface area contributed by atoms with Gasteiger partial charge in [0.15, 0.2) is 0 Å². The third-order valence-electron chi connectivity index (χ3n) is 2.53. The maximum atomic E-state index is 11.8. The zero-order valence-corrected chi connectivity index (χ0v) is 12.4. The maximum absolute atomic E-state index is 11.8. The SMILES string of the molecule is CC(O)CCCNC(=O)c1ccc(NS(C)(=O)=O)cc1. The fourth-order valence-corrected chi connectivity index (χ4v) is 2.17. The first-order chi connectivity index (χ1) is 9.28. The Bertz CT molecular complexity index is 538. The molecule has 1 aromatic carbocycles. The number of anilines is 1. The molecule has 1 atom stereocenters. The quantitative estimate of drug-likeness (QED) is 0.653. The predicted octanol–water partition coefficient (Wildman–Crippen LogP) is 0.949. The van der Waals surface area contributed by atoms with Gasteiger partial charge in [-0.15, -0.1) is 0 Å². The van der Waals surface area contributed by atoms with Gasteiger partial charge in [0.05, 0.1) is 12.4 Å². The number of carbonyl (C=O) groups excluding carboxylic acids is 1. The Hall–Kier alpha value is -1.60. The Morgan fingerprint density at radius 3 is 2.40 bits per heavy atom. The van der Waals surface area contributed by atoms with Gasteiger partial charge in [-0.1, -0.05) is 0 Å². The van der Waals surface area contributed by atoms with Gasteiger partial charge in [-0.2, -0.15) is 0 Å². The topological polar surface area (TPSA) is 95.5 Å². The van der Waals surface area contributed by atoms with Crippen LogP contribution in [0.4, 0.5) is 5.69 Å².